The van der Waals surface area contributed by atoms with E-state index in [2.05, 4.69) is 107 Å². The van der Waals surface area contributed by atoms with Crippen LogP contribution in [-0.4, -0.2) is 31.8 Å². The lowest BCUT2D eigenvalue weighted by molar-refractivity contribution is 0.315. The molecule has 0 saturated carbocycles. The van der Waals surface area contributed by atoms with Crippen molar-refractivity contribution in [2.45, 2.75) is 105 Å². The summed E-state index contributed by atoms with van der Waals surface area (Å²) >= 11 is 0. The van der Waals surface area contributed by atoms with Gasteiger partial charge >= 0.3 is 0 Å². The maximum absolute atomic E-state index is 7.54. The van der Waals surface area contributed by atoms with E-state index in [-0.39, 0.29) is 10.8 Å². The van der Waals surface area contributed by atoms with E-state index in [1.165, 1.54) is 0 Å². The molecule has 0 N–H and O–H groups in total. The fraction of sp³-hybridized carbons (Fsp3) is 0.900. The molecule has 0 aromatic rings. The maximum Gasteiger partial charge on any atom is 0.201 e. The number of allylic oxidation sites excluding steroid dienone is 2. The highest BCUT2D eigenvalue weighted by molar-refractivity contribution is 7.47. The molecule has 0 aromatic carbocycles. The maximum atomic E-state index is 7.54. The van der Waals surface area contributed by atoms with Crippen LogP contribution in [0.5, 0.6) is 0 Å². The van der Waals surface area contributed by atoms with Crippen molar-refractivity contribution in [3.05, 3.63) is 11.3 Å². The van der Waals surface area contributed by atoms with Crippen molar-refractivity contribution < 1.29 is 4.12 Å². The van der Waals surface area contributed by atoms with Crippen LogP contribution >= 0.6 is 0 Å². The highest BCUT2D eigenvalue weighted by Gasteiger charge is 2.77. The third kappa shape index (κ3) is 3.53. The SMILES string of the molecule is CC(C)(C)C1=C[C@](C(C)(C)C)([Si](C)(C)C)[Si@]1(O[Si](C)(C)C)[Si](C)(C)C. The van der Waals surface area contributed by atoms with Crippen molar-refractivity contribution in [3.8, 4) is 0 Å². The third-order valence-electron chi connectivity index (χ3n) is 5.98. The van der Waals surface area contributed by atoms with Crippen molar-refractivity contribution in [1.29, 1.82) is 0 Å². The molecule has 0 radical (unpaired) electrons. The molecule has 5 heteroatoms. The monoisotopic (exact) mass is 414 g/mol. The van der Waals surface area contributed by atoms with Crippen LogP contribution in [-0.2, 0) is 4.12 Å². The van der Waals surface area contributed by atoms with E-state index in [4.69, 9.17) is 4.12 Å². The minimum Gasteiger partial charge on any atom is -0.454 e. The lowest BCUT2D eigenvalue weighted by Crippen LogP contribution is -2.83. The standard InChI is InChI=1S/C20H46OSi4/c1-18(2,3)17-16-20(19(4,5)6,22(7,8)9)25(17,24(13,14)15)21-23(10,11)12/h16H,1-15H3/t20-,25+/m0/s1. The zero-order valence-electron chi connectivity index (χ0n) is 20.0. The van der Waals surface area contributed by atoms with Crippen LogP contribution in [0.15, 0.2) is 11.3 Å². The molecule has 25 heavy (non-hydrogen) atoms. The molecule has 0 fully saturated rings. The lowest BCUT2D eigenvalue weighted by atomic mass is 9.86. The first-order chi connectivity index (χ1) is 10.5. The first-order valence-electron chi connectivity index (χ1n) is 9.99. The Morgan fingerprint density at radius 3 is 1.40 bits per heavy atom. The molecule has 1 heterocycles. The lowest BCUT2D eigenvalue weighted by Gasteiger charge is -2.73. The summed E-state index contributed by atoms with van der Waals surface area (Å²) in [5.74, 6) is 0. The quantitative estimate of drug-likeness (QED) is 0.436. The van der Waals surface area contributed by atoms with Gasteiger partial charge in [-0.25, -0.2) is 0 Å². The molecule has 0 aliphatic carbocycles. The van der Waals surface area contributed by atoms with Crippen molar-refractivity contribution in [2.75, 3.05) is 0 Å². The molecule has 0 amide bonds. The first kappa shape index (κ1) is 23.6. The summed E-state index contributed by atoms with van der Waals surface area (Å²) < 4.78 is 7.86. The molecule has 0 unspecified atom stereocenters. The van der Waals surface area contributed by atoms with E-state index < -0.39 is 31.8 Å². The molecule has 2 atom stereocenters. The van der Waals surface area contributed by atoms with Crippen LogP contribution in [0, 0.1) is 10.8 Å². The molecular formula is C20H46OSi4. The van der Waals surface area contributed by atoms with Crippen LogP contribution in [0.3, 0.4) is 0 Å². The van der Waals surface area contributed by atoms with Gasteiger partial charge in [0.05, 0.1) is 15.7 Å². The van der Waals surface area contributed by atoms with Crippen LogP contribution in [0.1, 0.15) is 41.5 Å². The average Bonchev–Trinajstić information content (AvgIpc) is 2.14. The molecule has 1 aliphatic rings. The van der Waals surface area contributed by atoms with Gasteiger partial charge in [0.1, 0.15) is 0 Å². The van der Waals surface area contributed by atoms with Gasteiger partial charge in [-0.15, -0.1) is 0 Å². The normalized spacial score (nSPS) is 29.3. The van der Waals surface area contributed by atoms with Gasteiger partial charge in [0.2, 0.25) is 7.83 Å². The molecule has 0 saturated heterocycles. The highest BCUT2D eigenvalue weighted by atomic mass is 29.3. The molecule has 0 bridgehead atoms. The van der Waals surface area contributed by atoms with Gasteiger partial charge in [0, 0.05) is 4.66 Å². The topological polar surface area (TPSA) is 9.23 Å². The van der Waals surface area contributed by atoms with Crippen molar-refractivity contribution in [1.82, 2.24) is 0 Å². The Labute approximate surface area is 163 Å². The van der Waals surface area contributed by atoms with Crippen LogP contribution in [0.4, 0.5) is 0 Å². The van der Waals surface area contributed by atoms with Crippen LogP contribution in [0.25, 0.3) is 0 Å². The summed E-state index contributed by atoms with van der Waals surface area (Å²) in [6.45, 7) is 37.6. The predicted molar refractivity (Wildman–Crippen MR) is 127 cm³/mol. The summed E-state index contributed by atoms with van der Waals surface area (Å²) in [7, 11) is -6.78. The molecule has 0 spiro atoms. The fourth-order valence-corrected chi connectivity index (χ4v) is 45.7. The van der Waals surface area contributed by atoms with Gasteiger partial charge in [0.25, 0.3) is 0 Å². The molecule has 148 valence electrons. The Hall–Kier alpha value is 0.568. The zero-order chi connectivity index (χ0) is 20.5. The Kier molecular flexibility index (Phi) is 5.69. The Morgan fingerprint density at radius 1 is 0.800 bits per heavy atom. The van der Waals surface area contributed by atoms with Crippen LogP contribution in [0.2, 0.25) is 63.6 Å². The summed E-state index contributed by atoms with van der Waals surface area (Å²) in [4.78, 5) is 0. The molecule has 1 rings (SSSR count). The molecule has 1 nitrogen and oxygen atoms in total. The predicted octanol–water partition coefficient (Wildman–Crippen LogP) is 7.39. The van der Waals surface area contributed by atoms with E-state index in [0.717, 1.165) is 0 Å². The second-order valence-electron chi connectivity index (χ2n) is 13.3. The van der Waals surface area contributed by atoms with E-state index >= 15 is 0 Å². The highest BCUT2D eigenvalue weighted by Crippen LogP contribution is 2.72. The number of rotatable bonds is 4. The smallest absolute Gasteiger partial charge is 0.201 e. The number of hydrogen-bond acceptors (Lipinski definition) is 1. The largest absolute Gasteiger partial charge is 0.454 e. The van der Waals surface area contributed by atoms with Gasteiger partial charge in [0.15, 0.2) is 8.32 Å². The second kappa shape index (κ2) is 6.03. The average molecular weight is 415 g/mol. The third-order valence-corrected chi connectivity index (χ3v) is 32.0. The number of hydrogen-bond donors (Lipinski definition) is 0. The summed E-state index contributed by atoms with van der Waals surface area (Å²) in [6, 6.07) is 0. The molecule has 1 aliphatic heterocycles. The second-order valence-corrected chi connectivity index (χ2v) is 37.9. The van der Waals surface area contributed by atoms with Crippen molar-refractivity contribution in [2.24, 2.45) is 10.8 Å². The van der Waals surface area contributed by atoms with E-state index in [1.807, 2.05) is 0 Å². The minimum absolute atomic E-state index is 0.223. The molecule has 0 aromatic heterocycles. The van der Waals surface area contributed by atoms with E-state index in [0.29, 0.717) is 4.66 Å². The Morgan fingerprint density at radius 2 is 1.20 bits per heavy atom. The summed E-state index contributed by atoms with van der Waals surface area (Å²) in [5, 5.41) is 1.74. The first-order valence-corrected chi connectivity index (χ1v) is 23.3. The van der Waals surface area contributed by atoms with Gasteiger partial charge in [-0.2, -0.15) is 0 Å². The van der Waals surface area contributed by atoms with Gasteiger partial charge in [-0.05, 0) is 30.5 Å². The van der Waals surface area contributed by atoms with Gasteiger partial charge < -0.3 is 4.12 Å². The Balaban J connectivity index is 4.04. The van der Waals surface area contributed by atoms with Gasteiger partial charge in [-0.3, -0.25) is 0 Å². The van der Waals surface area contributed by atoms with Crippen LogP contribution < -0.4 is 0 Å². The van der Waals surface area contributed by atoms with Crippen molar-refractivity contribution in [3.63, 3.8) is 0 Å². The summed E-state index contributed by atoms with van der Waals surface area (Å²) in [6.07, 6.45) is 2.77. The Bertz CT molecular complexity index is 531. The minimum atomic E-state index is -2.07. The molecular weight excluding hydrogens is 369 g/mol. The summed E-state index contributed by atoms with van der Waals surface area (Å²) in [5.41, 5.74) is 0.485. The fourth-order valence-electron chi connectivity index (χ4n) is 5.66. The van der Waals surface area contributed by atoms with Gasteiger partial charge in [-0.1, -0.05) is 92.1 Å². The van der Waals surface area contributed by atoms with E-state index in [1.54, 1.807) is 5.20 Å². The zero-order valence-corrected chi connectivity index (χ0v) is 24.0. The van der Waals surface area contributed by atoms with Crippen molar-refractivity contribution >= 4 is 31.8 Å². The van der Waals surface area contributed by atoms with E-state index in [9.17, 15) is 0 Å².